The van der Waals surface area contributed by atoms with E-state index in [0.717, 1.165) is 42.1 Å². The molecule has 0 aliphatic heterocycles. The van der Waals surface area contributed by atoms with Crippen molar-refractivity contribution in [1.29, 1.82) is 0 Å². The highest BCUT2D eigenvalue weighted by atomic mass is 32.2. The van der Waals surface area contributed by atoms with Crippen LogP contribution in [0.1, 0.15) is 72.1 Å². The van der Waals surface area contributed by atoms with Crippen LogP contribution in [0.3, 0.4) is 0 Å². The quantitative estimate of drug-likeness (QED) is 0.373. The maximum Gasteiger partial charge on any atom is 0.302 e. The topological polar surface area (TPSA) is 43.4 Å². The van der Waals surface area contributed by atoms with E-state index in [1.54, 1.807) is 0 Å². The highest BCUT2D eigenvalue weighted by Crippen LogP contribution is 2.66. The van der Waals surface area contributed by atoms with E-state index in [0.29, 0.717) is 23.2 Å². The van der Waals surface area contributed by atoms with Gasteiger partial charge in [-0.15, -0.1) is 0 Å². The maximum atomic E-state index is 13.3. The molecule has 1 aromatic carbocycles. The van der Waals surface area contributed by atoms with Crippen LogP contribution >= 0.6 is 11.8 Å². The molecule has 0 amide bonds. The number of ether oxygens (including phenoxy) is 1. The van der Waals surface area contributed by atoms with Gasteiger partial charge in [0.15, 0.2) is 0 Å². The average Bonchev–Trinajstić information content (AvgIpc) is 3.12. The zero-order valence-electron chi connectivity index (χ0n) is 19.6. The number of rotatable bonds is 3. The second-order valence-electron chi connectivity index (χ2n) is 11.2. The predicted molar refractivity (Wildman–Crippen MR) is 128 cm³/mol. The summed E-state index contributed by atoms with van der Waals surface area (Å²) in [4.78, 5) is 25.8. The number of carbonyl (C=O) groups excluding carboxylic acids is 2. The molecule has 32 heavy (non-hydrogen) atoms. The van der Waals surface area contributed by atoms with Crippen molar-refractivity contribution in [3.05, 3.63) is 42.0 Å². The van der Waals surface area contributed by atoms with Gasteiger partial charge in [0.05, 0.1) is 0 Å². The van der Waals surface area contributed by atoms with Crippen molar-refractivity contribution in [1.82, 2.24) is 0 Å². The van der Waals surface area contributed by atoms with Gasteiger partial charge in [0.25, 0.3) is 0 Å². The van der Waals surface area contributed by atoms with E-state index in [-0.39, 0.29) is 22.6 Å². The Kier molecular flexibility index (Phi) is 5.80. The van der Waals surface area contributed by atoms with E-state index in [9.17, 15) is 9.59 Å². The highest BCUT2D eigenvalue weighted by molar-refractivity contribution is 8.14. The molecule has 0 aromatic heterocycles. The molecule has 0 bridgehead atoms. The Balaban J connectivity index is 1.31. The molecule has 0 unspecified atom stereocenters. The predicted octanol–water partition coefficient (Wildman–Crippen LogP) is 6.82. The molecular weight excluding hydrogens is 416 g/mol. The van der Waals surface area contributed by atoms with Gasteiger partial charge >= 0.3 is 5.97 Å². The summed E-state index contributed by atoms with van der Waals surface area (Å²) in [6, 6.07) is 10.1. The highest BCUT2D eigenvalue weighted by Gasteiger charge is 2.59. The number of thioether (sulfide) groups is 1. The fraction of sp³-hybridized carbons (Fsp3) is 0.643. The fourth-order valence-corrected chi connectivity index (χ4v) is 9.03. The molecule has 0 saturated heterocycles. The Morgan fingerprint density at radius 2 is 1.78 bits per heavy atom. The van der Waals surface area contributed by atoms with E-state index in [4.69, 9.17) is 4.74 Å². The molecule has 1 aromatic rings. The lowest BCUT2D eigenvalue weighted by Gasteiger charge is -2.60. The average molecular weight is 453 g/mol. The number of fused-ring (bicyclic) bond motifs is 5. The summed E-state index contributed by atoms with van der Waals surface area (Å²) < 4.78 is 5.61. The molecule has 3 nitrogen and oxygen atoms in total. The normalized spacial score (nSPS) is 40.5. The Morgan fingerprint density at radius 1 is 1.00 bits per heavy atom. The number of hydrogen-bond donors (Lipinski definition) is 0. The molecule has 4 heteroatoms. The van der Waals surface area contributed by atoms with Gasteiger partial charge in [0.2, 0.25) is 5.12 Å². The van der Waals surface area contributed by atoms with E-state index in [2.05, 4.69) is 19.9 Å². The van der Waals surface area contributed by atoms with Gasteiger partial charge in [-0.1, -0.05) is 38.1 Å². The standard InChI is InChI=1S/C28H36O3S/c1-18(29)31-20-13-15-27(2)19(17-20)9-10-22-23-11-12-25(28(23,3)16-14-24(22)27)26(30)32-21-7-5-4-6-8-21/h4-8,12,19-20,22-24H,9-11,13-17H2,1-3H3/t19-,20-,22-,23-,24-,27-,28-/m0/s1. The van der Waals surface area contributed by atoms with Crippen LogP contribution in [-0.2, 0) is 14.3 Å². The fourth-order valence-electron chi connectivity index (χ4n) is 8.09. The van der Waals surface area contributed by atoms with Crippen molar-refractivity contribution in [3.63, 3.8) is 0 Å². The molecule has 4 aliphatic rings. The molecule has 4 aliphatic carbocycles. The molecule has 5 rings (SSSR count). The lowest BCUT2D eigenvalue weighted by atomic mass is 9.44. The first-order valence-corrected chi connectivity index (χ1v) is 13.3. The van der Waals surface area contributed by atoms with Crippen LogP contribution < -0.4 is 0 Å². The third kappa shape index (κ3) is 3.67. The minimum Gasteiger partial charge on any atom is -0.463 e. The third-order valence-electron chi connectivity index (χ3n) is 9.70. The van der Waals surface area contributed by atoms with Gasteiger partial charge in [-0.3, -0.25) is 9.59 Å². The van der Waals surface area contributed by atoms with Gasteiger partial charge in [-0.25, -0.2) is 0 Å². The van der Waals surface area contributed by atoms with E-state index < -0.39 is 0 Å². The van der Waals surface area contributed by atoms with Crippen LogP contribution in [0.25, 0.3) is 0 Å². The molecule has 3 fully saturated rings. The van der Waals surface area contributed by atoms with Crippen LogP contribution in [-0.4, -0.2) is 17.2 Å². The van der Waals surface area contributed by atoms with Gasteiger partial charge in [0.1, 0.15) is 6.10 Å². The zero-order chi connectivity index (χ0) is 22.5. The number of hydrogen-bond acceptors (Lipinski definition) is 4. The van der Waals surface area contributed by atoms with E-state index in [1.807, 2.05) is 30.3 Å². The van der Waals surface area contributed by atoms with Crippen molar-refractivity contribution in [3.8, 4) is 0 Å². The summed E-state index contributed by atoms with van der Waals surface area (Å²) in [7, 11) is 0. The first-order chi connectivity index (χ1) is 15.3. The van der Waals surface area contributed by atoms with Gasteiger partial charge in [-0.2, -0.15) is 0 Å². The molecule has 0 radical (unpaired) electrons. The largest absolute Gasteiger partial charge is 0.463 e. The van der Waals surface area contributed by atoms with Crippen molar-refractivity contribution in [2.24, 2.45) is 34.5 Å². The Bertz CT molecular complexity index is 924. The van der Waals surface area contributed by atoms with Crippen LogP contribution in [0, 0.1) is 34.5 Å². The smallest absolute Gasteiger partial charge is 0.302 e. The first-order valence-electron chi connectivity index (χ1n) is 12.5. The summed E-state index contributed by atoms with van der Waals surface area (Å²) in [6.45, 7) is 6.44. The van der Waals surface area contributed by atoms with Crippen LogP contribution in [0.15, 0.2) is 46.9 Å². The molecule has 0 heterocycles. The SMILES string of the molecule is CC(=O)O[C@H]1CC[C@@]2(C)[C@@H](CC[C@@H]3[C@@H]2CC[C@]2(C)C(C(=O)Sc4ccccc4)=CC[C@@H]32)C1. The van der Waals surface area contributed by atoms with Gasteiger partial charge in [0, 0.05) is 17.4 Å². The van der Waals surface area contributed by atoms with Crippen LogP contribution in [0.5, 0.6) is 0 Å². The second kappa shape index (κ2) is 8.34. The number of esters is 1. The summed E-state index contributed by atoms with van der Waals surface area (Å²) in [6.07, 6.45) is 11.5. The Labute approximate surface area is 196 Å². The molecule has 3 saturated carbocycles. The molecule has 172 valence electrons. The number of benzene rings is 1. The minimum absolute atomic E-state index is 0.0260. The monoisotopic (exact) mass is 452 g/mol. The zero-order valence-corrected chi connectivity index (χ0v) is 20.5. The molecule has 7 atom stereocenters. The summed E-state index contributed by atoms with van der Waals surface area (Å²) >= 11 is 1.40. The van der Waals surface area contributed by atoms with Gasteiger partial charge < -0.3 is 4.74 Å². The van der Waals surface area contributed by atoms with Crippen LogP contribution in [0.4, 0.5) is 0 Å². The third-order valence-corrected chi connectivity index (χ3v) is 10.6. The van der Waals surface area contributed by atoms with Crippen molar-refractivity contribution in [2.45, 2.75) is 83.1 Å². The van der Waals surface area contributed by atoms with E-state index >= 15 is 0 Å². The summed E-state index contributed by atoms with van der Waals surface area (Å²) in [5.74, 6) is 2.57. The van der Waals surface area contributed by atoms with Crippen molar-refractivity contribution >= 4 is 22.8 Å². The minimum atomic E-state index is -0.136. The van der Waals surface area contributed by atoms with Crippen molar-refractivity contribution < 1.29 is 14.3 Å². The number of allylic oxidation sites excluding steroid dienone is 1. The van der Waals surface area contributed by atoms with Gasteiger partial charge in [-0.05, 0) is 110 Å². The maximum absolute atomic E-state index is 13.3. The Morgan fingerprint density at radius 3 is 2.53 bits per heavy atom. The molecule has 0 N–H and O–H groups in total. The first kappa shape index (κ1) is 22.3. The summed E-state index contributed by atoms with van der Waals surface area (Å²) in [5.41, 5.74) is 1.46. The molecule has 0 spiro atoms. The summed E-state index contributed by atoms with van der Waals surface area (Å²) in [5, 5.41) is 0.251. The lowest BCUT2D eigenvalue weighted by Crippen LogP contribution is -2.54. The van der Waals surface area contributed by atoms with Crippen LogP contribution in [0.2, 0.25) is 0 Å². The van der Waals surface area contributed by atoms with Crippen molar-refractivity contribution in [2.75, 3.05) is 0 Å². The lowest BCUT2D eigenvalue weighted by molar-refractivity contribution is -0.158. The van der Waals surface area contributed by atoms with E-state index in [1.165, 1.54) is 44.4 Å². The number of carbonyl (C=O) groups is 2. The Hall–Kier alpha value is -1.55. The molecular formula is C28H36O3S. The second-order valence-corrected chi connectivity index (χ2v) is 12.2.